The lowest BCUT2D eigenvalue weighted by Gasteiger charge is -2.31. The van der Waals surface area contributed by atoms with Crippen molar-refractivity contribution < 1.29 is 14.6 Å². The Morgan fingerprint density at radius 3 is 2.72 bits per heavy atom. The molecule has 1 amide bonds. The van der Waals surface area contributed by atoms with Crippen LogP contribution in [0.2, 0.25) is 0 Å². The lowest BCUT2D eigenvalue weighted by molar-refractivity contribution is 0.0894. The van der Waals surface area contributed by atoms with Gasteiger partial charge < -0.3 is 25.0 Å². The minimum Gasteiger partial charge on any atom is -0.507 e. The van der Waals surface area contributed by atoms with Crippen LogP contribution in [-0.2, 0) is 0 Å². The van der Waals surface area contributed by atoms with Crippen molar-refractivity contribution in [2.45, 2.75) is 32.2 Å². The van der Waals surface area contributed by atoms with Gasteiger partial charge in [0.05, 0.1) is 23.7 Å². The lowest BCUT2D eigenvalue weighted by atomic mass is 10.0. The first kappa shape index (κ1) is 23.8. The van der Waals surface area contributed by atoms with Gasteiger partial charge in [0.25, 0.3) is 5.91 Å². The SMILES string of the molecule is COc1ncccc1-c1ccc(O)c(-c2nc3ccc(C(=O)NC(C)(C)CN4CCCC4)cc3[nH]2)c1. The Morgan fingerprint density at radius 1 is 1.14 bits per heavy atom. The van der Waals surface area contributed by atoms with Crippen LogP contribution in [0.3, 0.4) is 0 Å². The molecule has 4 aromatic rings. The quantitative estimate of drug-likeness (QED) is 0.353. The number of phenols is 1. The Hall–Kier alpha value is -3.91. The highest BCUT2D eigenvalue weighted by atomic mass is 16.5. The zero-order chi connectivity index (χ0) is 25.3. The smallest absolute Gasteiger partial charge is 0.251 e. The van der Waals surface area contributed by atoms with Gasteiger partial charge in [0.1, 0.15) is 11.6 Å². The molecule has 3 N–H and O–H groups in total. The lowest BCUT2D eigenvalue weighted by Crippen LogP contribution is -2.50. The summed E-state index contributed by atoms with van der Waals surface area (Å²) in [7, 11) is 1.58. The number of carbonyl (C=O) groups is 1. The van der Waals surface area contributed by atoms with E-state index in [4.69, 9.17) is 4.74 Å². The van der Waals surface area contributed by atoms with Crippen molar-refractivity contribution in [3.05, 3.63) is 60.3 Å². The summed E-state index contributed by atoms with van der Waals surface area (Å²) < 4.78 is 5.39. The minimum atomic E-state index is -0.338. The molecule has 0 unspecified atom stereocenters. The fraction of sp³-hybridized carbons (Fsp3) is 0.321. The number of phenolic OH excluding ortho intramolecular Hbond substituents is 1. The maximum absolute atomic E-state index is 13.0. The van der Waals surface area contributed by atoms with Gasteiger partial charge in [-0.15, -0.1) is 0 Å². The molecule has 5 rings (SSSR count). The van der Waals surface area contributed by atoms with Crippen molar-refractivity contribution in [1.82, 2.24) is 25.2 Å². The van der Waals surface area contributed by atoms with Gasteiger partial charge in [0, 0.05) is 29.4 Å². The van der Waals surface area contributed by atoms with Crippen LogP contribution in [0.4, 0.5) is 0 Å². The third-order valence-electron chi connectivity index (χ3n) is 6.54. The molecule has 3 heterocycles. The average Bonchev–Trinajstić information content (AvgIpc) is 3.52. The fourth-order valence-electron chi connectivity index (χ4n) is 4.86. The van der Waals surface area contributed by atoms with Crippen molar-refractivity contribution in [3.63, 3.8) is 0 Å². The van der Waals surface area contributed by atoms with Gasteiger partial charge in [-0.05, 0) is 87.8 Å². The average molecular weight is 486 g/mol. The minimum absolute atomic E-state index is 0.0993. The molecular formula is C28H31N5O3. The summed E-state index contributed by atoms with van der Waals surface area (Å²) in [5.41, 5.74) is 3.86. The van der Waals surface area contributed by atoms with Gasteiger partial charge in [0.2, 0.25) is 5.88 Å². The van der Waals surface area contributed by atoms with Crippen LogP contribution in [0, 0.1) is 0 Å². The van der Waals surface area contributed by atoms with Crippen molar-refractivity contribution in [1.29, 1.82) is 0 Å². The Labute approximate surface area is 210 Å². The summed E-state index contributed by atoms with van der Waals surface area (Å²) in [6, 6.07) is 14.5. The number of hydrogen-bond acceptors (Lipinski definition) is 6. The fourth-order valence-corrected chi connectivity index (χ4v) is 4.86. The van der Waals surface area contributed by atoms with Gasteiger partial charge in [-0.1, -0.05) is 6.07 Å². The molecule has 1 saturated heterocycles. The Balaban J connectivity index is 1.41. The number of pyridine rings is 1. The van der Waals surface area contributed by atoms with E-state index in [1.54, 1.807) is 31.5 Å². The third-order valence-corrected chi connectivity index (χ3v) is 6.54. The number of fused-ring (bicyclic) bond motifs is 1. The first-order chi connectivity index (χ1) is 17.3. The molecule has 0 aliphatic carbocycles. The highest BCUT2D eigenvalue weighted by molar-refractivity contribution is 5.98. The van der Waals surface area contributed by atoms with Crippen LogP contribution in [0.25, 0.3) is 33.5 Å². The first-order valence-electron chi connectivity index (χ1n) is 12.2. The van der Waals surface area contributed by atoms with E-state index in [1.807, 2.05) is 30.3 Å². The molecule has 2 aromatic carbocycles. The molecule has 8 heteroatoms. The number of methoxy groups -OCH3 is 1. The van der Waals surface area contributed by atoms with Crippen LogP contribution in [0.15, 0.2) is 54.7 Å². The van der Waals surface area contributed by atoms with E-state index in [2.05, 4.69) is 39.0 Å². The number of aromatic amines is 1. The van der Waals surface area contributed by atoms with E-state index < -0.39 is 0 Å². The number of imidazole rings is 1. The normalized spacial score (nSPS) is 14.3. The summed E-state index contributed by atoms with van der Waals surface area (Å²) in [5.74, 6) is 0.995. The van der Waals surface area contributed by atoms with Crippen LogP contribution in [-0.4, -0.2) is 63.1 Å². The summed E-state index contributed by atoms with van der Waals surface area (Å²) in [6.45, 7) is 7.12. The summed E-state index contributed by atoms with van der Waals surface area (Å²) in [6.07, 6.45) is 4.11. The maximum Gasteiger partial charge on any atom is 0.251 e. The largest absolute Gasteiger partial charge is 0.507 e. The Kier molecular flexibility index (Phi) is 6.36. The summed E-state index contributed by atoms with van der Waals surface area (Å²) >= 11 is 0. The van der Waals surface area contributed by atoms with Gasteiger partial charge in [0.15, 0.2) is 0 Å². The zero-order valence-electron chi connectivity index (χ0n) is 20.8. The number of H-pyrrole nitrogens is 1. The van der Waals surface area contributed by atoms with E-state index in [0.29, 0.717) is 28.3 Å². The van der Waals surface area contributed by atoms with Gasteiger partial charge in [-0.2, -0.15) is 0 Å². The number of benzene rings is 2. The van der Waals surface area contributed by atoms with Crippen molar-refractivity contribution in [3.8, 4) is 34.1 Å². The third kappa shape index (κ3) is 4.90. The zero-order valence-corrected chi connectivity index (χ0v) is 20.8. The topological polar surface area (TPSA) is 103 Å². The number of carbonyl (C=O) groups excluding carboxylic acids is 1. The Morgan fingerprint density at radius 2 is 1.94 bits per heavy atom. The predicted molar refractivity (Wildman–Crippen MR) is 140 cm³/mol. The highest BCUT2D eigenvalue weighted by Gasteiger charge is 2.26. The van der Waals surface area contributed by atoms with Crippen LogP contribution >= 0.6 is 0 Å². The molecule has 2 aromatic heterocycles. The molecule has 0 radical (unpaired) electrons. The number of aromatic nitrogens is 3. The molecular weight excluding hydrogens is 454 g/mol. The second-order valence-electron chi connectivity index (χ2n) is 9.93. The molecule has 186 valence electrons. The number of amides is 1. The number of ether oxygens (including phenoxy) is 1. The molecule has 0 atom stereocenters. The number of rotatable bonds is 7. The molecule has 36 heavy (non-hydrogen) atoms. The van der Waals surface area contributed by atoms with E-state index in [1.165, 1.54) is 12.8 Å². The van der Waals surface area contributed by atoms with Gasteiger partial charge in [-0.25, -0.2) is 9.97 Å². The predicted octanol–water partition coefficient (Wildman–Crippen LogP) is 4.61. The second kappa shape index (κ2) is 9.62. The van der Waals surface area contributed by atoms with Gasteiger partial charge >= 0.3 is 0 Å². The summed E-state index contributed by atoms with van der Waals surface area (Å²) in [5, 5.41) is 13.8. The first-order valence-corrected chi connectivity index (χ1v) is 12.2. The molecule has 8 nitrogen and oxygen atoms in total. The second-order valence-corrected chi connectivity index (χ2v) is 9.93. The molecule has 1 aliphatic heterocycles. The summed E-state index contributed by atoms with van der Waals surface area (Å²) in [4.78, 5) is 27.6. The number of nitrogens with one attached hydrogen (secondary N) is 2. The van der Waals surface area contributed by atoms with E-state index >= 15 is 0 Å². The van der Waals surface area contributed by atoms with Crippen LogP contribution in [0.5, 0.6) is 11.6 Å². The van der Waals surface area contributed by atoms with E-state index in [9.17, 15) is 9.90 Å². The van der Waals surface area contributed by atoms with Crippen molar-refractivity contribution >= 4 is 16.9 Å². The van der Waals surface area contributed by atoms with Crippen LogP contribution < -0.4 is 10.1 Å². The van der Waals surface area contributed by atoms with E-state index in [0.717, 1.165) is 36.3 Å². The maximum atomic E-state index is 13.0. The van der Waals surface area contributed by atoms with Crippen molar-refractivity contribution in [2.75, 3.05) is 26.7 Å². The number of likely N-dealkylation sites (tertiary alicyclic amines) is 1. The molecule has 0 saturated carbocycles. The van der Waals surface area contributed by atoms with E-state index in [-0.39, 0.29) is 17.2 Å². The van der Waals surface area contributed by atoms with Gasteiger partial charge in [-0.3, -0.25) is 4.79 Å². The molecule has 0 bridgehead atoms. The van der Waals surface area contributed by atoms with Crippen LogP contribution in [0.1, 0.15) is 37.0 Å². The number of hydrogen-bond donors (Lipinski definition) is 3. The molecule has 0 spiro atoms. The number of nitrogens with zero attached hydrogens (tertiary/aromatic N) is 3. The number of aromatic hydroxyl groups is 1. The Bertz CT molecular complexity index is 1410. The monoisotopic (exact) mass is 485 g/mol. The van der Waals surface area contributed by atoms with Crippen molar-refractivity contribution in [2.24, 2.45) is 0 Å². The highest BCUT2D eigenvalue weighted by Crippen LogP contribution is 2.35. The standard InChI is InChI=1S/C28H31N5O3/c1-28(2,17-33-13-4-5-14-33)32-26(35)19-8-10-22-23(16-19)31-25(30-22)21-15-18(9-11-24(21)34)20-7-6-12-29-27(20)36-3/h6-12,15-16,34H,4-5,13-14,17H2,1-3H3,(H,30,31)(H,32,35). The molecule has 1 aliphatic rings. The molecule has 1 fully saturated rings.